The van der Waals surface area contributed by atoms with Gasteiger partial charge in [-0.15, -0.1) is 0 Å². The predicted octanol–water partition coefficient (Wildman–Crippen LogP) is 5.86. The number of piperazine rings is 1. The van der Waals surface area contributed by atoms with Crippen LogP contribution >= 0.6 is 11.6 Å². The van der Waals surface area contributed by atoms with Gasteiger partial charge in [0.1, 0.15) is 5.75 Å². The maximum atomic E-state index is 6.43. The molecule has 2 aliphatic heterocycles. The van der Waals surface area contributed by atoms with Gasteiger partial charge < -0.3 is 10.1 Å². The topological polar surface area (TPSA) is 27.7 Å². The van der Waals surface area contributed by atoms with E-state index in [9.17, 15) is 0 Å². The normalized spacial score (nSPS) is 23.9. The Morgan fingerprint density at radius 3 is 2.56 bits per heavy atom. The second-order valence-corrected chi connectivity index (χ2v) is 11.4. The molecule has 5 heteroatoms. The molecule has 2 heterocycles. The number of nitrogens with zero attached hydrogens (tertiary/aromatic N) is 2. The zero-order chi connectivity index (χ0) is 23.7. The third kappa shape index (κ3) is 4.75. The van der Waals surface area contributed by atoms with E-state index < -0.39 is 0 Å². The fourth-order valence-electron chi connectivity index (χ4n) is 6.74. The summed E-state index contributed by atoms with van der Waals surface area (Å²) in [5.41, 5.74) is 4.79. The fraction of sp³-hybridized carbons (Fsp3) is 0.586. The van der Waals surface area contributed by atoms with Crippen molar-refractivity contribution in [3.05, 3.63) is 64.2 Å². The molecule has 1 unspecified atom stereocenters. The molecule has 0 radical (unpaired) electrons. The van der Waals surface area contributed by atoms with Crippen molar-refractivity contribution in [2.45, 2.75) is 64.1 Å². The molecule has 2 aromatic carbocycles. The standard InChI is InChI=1S/C29H40ClN3O/c1-21(2)24-8-4-5-9-25(24)27-20-32(19-22-7-6-10-26(30)28(22)34-3)15-16-33(27)23-17-29(18-23)11-13-31-14-12-29/h4-10,21,23,27,31H,11-20H2,1-3H3. The first kappa shape index (κ1) is 24.1. The highest BCUT2D eigenvalue weighted by Crippen LogP contribution is 2.52. The number of hydrogen-bond acceptors (Lipinski definition) is 4. The lowest BCUT2D eigenvalue weighted by atomic mass is 9.60. The summed E-state index contributed by atoms with van der Waals surface area (Å²) in [4.78, 5) is 5.46. The first-order valence-electron chi connectivity index (χ1n) is 13.1. The number of ether oxygens (including phenoxy) is 1. The number of rotatable bonds is 6. The molecule has 1 spiro atoms. The van der Waals surface area contributed by atoms with Crippen LogP contribution in [0.5, 0.6) is 5.75 Å². The van der Waals surface area contributed by atoms with E-state index in [1.165, 1.54) is 55.5 Å². The highest BCUT2D eigenvalue weighted by molar-refractivity contribution is 6.32. The molecule has 1 saturated carbocycles. The molecule has 34 heavy (non-hydrogen) atoms. The smallest absolute Gasteiger partial charge is 0.141 e. The van der Waals surface area contributed by atoms with E-state index >= 15 is 0 Å². The van der Waals surface area contributed by atoms with Crippen molar-refractivity contribution >= 4 is 11.6 Å². The first-order valence-corrected chi connectivity index (χ1v) is 13.5. The SMILES string of the molecule is COc1c(Cl)cccc1CN1CCN(C2CC3(CCNCC3)C2)C(c2ccccc2C(C)C)C1. The Balaban J connectivity index is 1.39. The molecule has 0 bridgehead atoms. The number of para-hydroxylation sites is 1. The van der Waals surface area contributed by atoms with Crippen molar-refractivity contribution in [1.82, 2.24) is 15.1 Å². The highest BCUT2D eigenvalue weighted by atomic mass is 35.5. The van der Waals surface area contributed by atoms with E-state index in [0.29, 0.717) is 28.4 Å². The van der Waals surface area contributed by atoms with Gasteiger partial charge >= 0.3 is 0 Å². The summed E-state index contributed by atoms with van der Waals surface area (Å²) in [7, 11) is 1.72. The van der Waals surface area contributed by atoms with Crippen LogP contribution < -0.4 is 10.1 Å². The van der Waals surface area contributed by atoms with Crippen LogP contribution in [0.4, 0.5) is 0 Å². The molecule has 0 amide bonds. The van der Waals surface area contributed by atoms with Crippen LogP contribution in [-0.4, -0.2) is 55.7 Å². The van der Waals surface area contributed by atoms with Crippen molar-refractivity contribution in [2.75, 3.05) is 39.8 Å². The first-order chi connectivity index (χ1) is 16.5. The Kier molecular flexibility index (Phi) is 7.22. The van der Waals surface area contributed by atoms with E-state index in [1.54, 1.807) is 7.11 Å². The molecule has 184 valence electrons. The van der Waals surface area contributed by atoms with Gasteiger partial charge in [-0.25, -0.2) is 0 Å². The Bertz CT molecular complexity index is 979. The van der Waals surface area contributed by atoms with Crippen LogP contribution in [0.3, 0.4) is 0 Å². The summed E-state index contributed by atoms with van der Waals surface area (Å²) in [6.45, 7) is 11.2. The molecule has 2 saturated heterocycles. The van der Waals surface area contributed by atoms with Gasteiger partial charge in [0.25, 0.3) is 0 Å². The zero-order valence-corrected chi connectivity index (χ0v) is 21.8. The van der Waals surface area contributed by atoms with Crippen LogP contribution in [0, 0.1) is 5.41 Å². The van der Waals surface area contributed by atoms with E-state index in [2.05, 4.69) is 59.3 Å². The van der Waals surface area contributed by atoms with Gasteiger partial charge in [0.2, 0.25) is 0 Å². The van der Waals surface area contributed by atoms with Gasteiger partial charge in [0.15, 0.2) is 0 Å². The van der Waals surface area contributed by atoms with Crippen molar-refractivity contribution < 1.29 is 4.74 Å². The zero-order valence-electron chi connectivity index (χ0n) is 21.0. The summed E-state index contributed by atoms with van der Waals surface area (Å²) in [6, 6.07) is 16.4. The largest absolute Gasteiger partial charge is 0.495 e. The van der Waals surface area contributed by atoms with Crippen LogP contribution in [0.25, 0.3) is 0 Å². The summed E-state index contributed by atoms with van der Waals surface area (Å²) in [5, 5.41) is 4.26. The van der Waals surface area contributed by atoms with E-state index in [4.69, 9.17) is 16.3 Å². The number of benzene rings is 2. The molecule has 4 nitrogen and oxygen atoms in total. The van der Waals surface area contributed by atoms with Crippen LogP contribution in [-0.2, 0) is 6.54 Å². The van der Waals surface area contributed by atoms with Gasteiger partial charge in [-0.1, -0.05) is 61.8 Å². The highest BCUT2D eigenvalue weighted by Gasteiger charge is 2.49. The second-order valence-electron chi connectivity index (χ2n) is 11.0. The summed E-state index contributed by atoms with van der Waals surface area (Å²) < 4.78 is 5.66. The number of halogens is 1. The molecule has 1 atom stereocenters. The van der Waals surface area contributed by atoms with Crippen molar-refractivity contribution in [2.24, 2.45) is 5.41 Å². The molecular formula is C29H40ClN3O. The molecular weight excluding hydrogens is 442 g/mol. The number of hydrogen-bond donors (Lipinski definition) is 1. The van der Waals surface area contributed by atoms with Crippen LogP contribution in [0.2, 0.25) is 5.02 Å². The van der Waals surface area contributed by atoms with Crippen LogP contribution in [0.1, 0.15) is 68.2 Å². The minimum Gasteiger partial charge on any atom is -0.495 e. The maximum Gasteiger partial charge on any atom is 0.141 e. The summed E-state index contributed by atoms with van der Waals surface area (Å²) >= 11 is 6.43. The van der Waals surface area contributed by atoms with Gasteiger partial charge in [-0.05, 0) is 67.3 Å². The summed E-state index contributed by atoms with van der Waals surface area (Å²) in [6.07, 6.45) is 5.45. The Morgan fingerprint density at radius 2 is 1.82 bits per heavy atom. The summed E-state index contributed by atoms with van der Waals surface area (Å²) in [5.74, 6) is 1.34. The lowest BCUT2D eigenvalue weighted by Gasteiger charge is -2.57. The molecule has 1 aliphatic carbocycles. The van der Waals surface area contributed by atoms with Crippen molar-refractivity contribution in [3.8, 4) is 5.75 Å². The average molecular weight is 482 g/mol. The van der Waals surface area contributed by atoms with Crippen LogP contribution in [0.15, 0.2) is 42.5 Å². The molecule has 5 rings (SSSR count). The third-order valence-corrected chi connectivity index (χ3v) is 8.90. The molecule has 1 N–H and O–H groups in total. The molecule has 0 aromatic heterocycles. The Morgan fingerprint density at radius 1 is 1.06 bits per heavy atom. The average Bonchev–Trinajstić information content (AvgIpc) is 2.83. The molecule has 3 aliphatic rings. The van der Waals surface area contributed by atoms with Gasteiger partial charge in [-0.3, -0.25) is 9.80 Å². The lowest BCUT2D eigenvalue weighted by molar-refractivity contribution is -0.0651. The van der Waals surface area contributed by atoms with E-state index in [-0.39, 0.29) is 0 Å². The third-order valence-electron chi connectivity index (χ3n) is 8.60. The Labute approximate surface area is 210 Å². The lowest BCUT2D eigenvalue weighted by Crippen LogP contribution is -2.59. The molecule has 3 fully saturated rings. The monoisotopic (exact) mass is 481 g/mol. The number of nitrogens with one attached hydrogen (secondary N) is 1. The predicted molar refractivity (Wildman–Crippen MR) is 141 cm³/mol. The van der Waals surface area contributed by atoms with Gasteiger partial charge in [-0.2, -0.15) is 0 Å². The quantitative estimate of drug-likeness (QED) is 0.559. The van der Waals surface area contributed by atoms with Gasteiger partial charge in [0.05, 0.1) is 12.1 Å². The maximum absolute atomic E-state index is 6.43. The van der Waals surface area contributed by atoms with Crippen molar-refractivity contribution in [1.29, 1.82) is 0 Å². The minimum atomic E-state index is 0.432. The van der Waals surface area contributed by atoms with Gasteiger partial charge in [0, 0.05) is 43.8 Å². The second kappa shape index (κ2) is 10.2. The fourth-order valence-corrected chi connectivity index (χ4v) is 7.01. The van der Waals surface area contributed by atoms with E-state index in [0.717, 1.165) is 31.9 Å². The molecule has 2 aromatic rings. The number of piperidine rings is 1. The Hall–Kier alpha value is -1.59. The minimum absolute atomic E-state index is 0.432. The number of methoxy groups -OCH3 is 1. The van der Waals surface area contributed by atoms with Crippen molar-refractivity contribution in [3.63, 3.8) is 0 Å². The van der Waals surface area contributed by atoms with E-state index in [1.807, 2.05) is 12.1 Å².